The molecule has 2 aliphatic rings. The predicted octanol–water partition coefficient (Wildman–Crippen LogP) is 4.27. The summed E-state index contributed by atoms with van der Waals surface area (Å²) in [4.78, 5) is 12.4. The Balaban J connectivity index is 1.79. The molecule has 3 aromatic rings. The van der Waals surface area contributed by atoms with Gasteiger partial charge in [-0.3, -0.25) is 0 Å². The van der Waals surface area contributed by atoms with E-state index in [2.05, 4.69) is 83.5 Å². The molecule has 0 nitrogen and oxygen atoms in total. The van der Waals surface area contributed by atoms with Gasteiger partial charge in [0.15, 0.2) is 0 Å². The molecule has 0 saturated carbocycles. The van der Waals surface area contributed by atoms with Gasteiger partial charge in [0.2, 0.25) is 0 Å². The average molecular weight is 531 g/mol. The van der Waals surface area contributed by atoms with Gasteiger partial charge in [-0.15, -0.1) is 0 Å². The van der Waals surface area contributed by atoms with Crippen molar-refractivity contribution < 1.29 is 0 Å². The first-order chi connectivity index (χ1) is 12.4. The summed E-state index contributed by atoms with van der Waals surface area (Å²) in [7, 11) is -3.14. The zero-order valence-electron chi connectivity index (χ0n) is 17.6. The first kappa shape index (κ1) is 18.9. The molecule has 4 heterocycles. The van der Waals surface area contributed by atoms with Crippen LogP contribution in [0.4, 0.5) is 0 Å². The Bertz CT molecular complexity index is 1130. The standard InChI is InChI=1S/C19H19S2Si2.3CH3.Sn/c1-11-8-17-19(21-11)13-10-15-12(9-16(13)23(17,4)5)18-14(6-7-20-18)22(15,2)3;;;;/h6,8-10H,1-5H3;3*1H3;. The number of thiophene rings is 2. The van der Waals surface area contributed by atoms with E-state index in [9.17, 15) is 0 Å². The molecule has 0 radical (unpaired) electrons. The Morgan fingerprint density at radius 2 is 1.15 bits per heavy atom. The molecule has 0 aliphatic carbocycles. The SMILES string of the molecule is Cc1cc2c(s1)-c1cc3c(cc1[Si]2(C)C)-c1s[c]([Sn]([CH3])([CH3])[CH3])cc1[Si]3(C)C. The van der Waals surface area contributed by atoms with E-state index in [0.29, 0.717) is 0 Å². The zero-order chi connectivity index (χ0) is 19.5. The second kappa shape index (κ2) is 5.51. The van der Waals surface area contributed by atoms with Crippen molar-refractivity contribution in [2.24, 2.45) is 0 Å². The Labute approximate surface area is 177 Å². The molecule has 0 N–H and O–H groups in total. The van der Waals surface area contributed by atoms with E-state index >= 15 is 0 Å². The summed E-state index contributed by atoms with van der Waals surface area (Å²) in [5.41, 5.74) is 3.20. The summed E-state index contributed by atoms with van der Waals surface area (Å²) in [6.45, 7) is 12.5. The minimum atomic E-state index is -2.02. The number of fused-ring (bicyclic) bond motifs is 6. The average Bonchev–Trinajstić information content (AvgIpc) is 3.24. The molecule has 0 fully saturated rings. The number of hydrogen-bond donors (Lipinski definition) is 0. The van der Waals surface area contributed by atoms with E-state index in [4.69, 9.17) is 0 Å². The van der Waals surface area contributed by atoms with Crippen LogP contribution in [0.1, 0.15) is 4.88 Å². The molecule has 0 saturated heterocycles. The third-order valence-electron chi connectivity index (χ3n) is 6.67. The molecule has 1 aromatic carbocycles. The first-order valence-electron chi connectivity index (χ1n) is 9.88. The normalized spacial score (nSPS) is 18.2. The summed E-state index contributed by atoms with van der Waals surface area (Å²) >= 11 is 2.15. The van der Waals surface area contributed by atoms with E-state index in [-0.39, 0.29) is 0 Å². The molecular weight excluding hydrogens is 503 g/mol. The van der Waals surface area contributed by atoms with Crippen LogP contribution in [0.3, 0.4) is 0 Å². The van der Waals surface area contributed by atoms with Crippen LogP contribution in [0.2, 0.25) is 41.0 Å². The van der Waals surface area contributed by atoms with Crippen LogP contribution < -0.4 is 23.6 Å². The van der Waals surface area contributed by atoms with Crippen LogP contribution in [-0.4, -0.2) is 34.5 Å². The summed E-state index contributed by atoms with van der Waals surface area (Å²) < 4.78 is 1.76. The van der Waals surface area contributed by atoms with Gasteiger partial charge in [0.05, 0.1) is 0 Å². The molecule has 2 aliphatic heterocycles. The number of hydrogen-bond acceptors (Lipinski definition) is 2. The van der Waals surface area contributed by atoms with Gasteiger partial charge in [-0.25, -0.2) is 0 Å². The Hall–Kier alpha value is -0.148. The molecule has 2 aromatic heterocycles. The van der Waals surface area contributed by atoms with Crippen molar-refractivity contribution in [1.29, 1.82) is 0 Å². The molecule has 0 amide bonds. The van der Waals surface area contributed by atoms with E-state index < -0.39 is 34.5 Å². The summed E-state index contributed by atoms with van der Waals surface area (Å²) in [6, 6.07) is 10.4. The van der Waals surface area contributed by atoms with Crippen molar-refractivity contribution in [3.05, 3.63) is 29.1 Å². The second-order valence-electron chi connectivity index (χ2n) is 10.4. The van der Waals surface area contributed by atoms with Crippen molar-refractivity contribution in [2.75, 3.05) is 0 Å². The van der Waals surface area contributed by atoms with E-state index in [1.54, 1.807) is 44.5 Å². The van der Waals surface area contributed by atoms with Gasteiger partial charge in [-0.05, 0) is 0 Å². The van der Waals surface area contributed by atoms with Gasteiger partial charge in [-0.1, -0.05) is 0 Å². The van der Waals surface area contributed by atoms with Gasteiger partial charge >= 0.3 is 179 Å². The van der Waals surface area contributed by atoms with E-state index in [1.165, 1.54) is 4.88 Å². The molecule has 0 bridgehead atoms. The number of benzene rings is 1. The Morgan fingerprint density at radius 1 is 0.667 bits per heavy atom. The predicted molar refractivity (Wildman–Crippen MR) is 134 cm³/mol. The quantitative estimate of drug-likeness (QED) is 0.412. The van der Waals surface area contributed by atoms with Crippen LogP contribution in [-0.2, 0) is 0 Å². The molecule has 5 rings (SSSR count). The van der Waals surface area contributed by atoms with Gasteiger partial charge in [-0.2, -0.15) is 0 Å². The fraction of sp³-hybridized carbons (Fsp3) is 0.364. The number of rotatable bonds is 1. The van der Waals surface area contributed by atoms with E-state index in [1.807, 2.05) is 11.3 Å². The molecule has 5 heteroatoms. The van der Waals surface area contributed by atoms with Crippen molar-refractivity contribution in [1.82, 2.24) is 0 Å². The van der Waals surface area contributed by atoms with Crippen molar-refractivity contribution >= 4 is 80.8 Å². The molecule has 0 spiro atoms. The monoisotopic (exact) mass is 532 g/mol. The van der Waals surface area contributed by atoms with Crippen molar-refractivity contribution in [3.63, 3.8) is 0 Å². The van der Waals surface area contributed by atoms with Gasteiger partial charge in [0, 0.05) is 0 Å². The van der Waals surface area contributed by atoms with Crippen molar-refractivity contribution in [2.45, 2.75) is 47.9 Å². The molecule has 0 unspecified atom stereocenters. The summed E-state index contributed by atoms with van der Waals surface area (Å²) in [6.07, 6.45) is 0. The van der Waals surface area contributed by atoms with Crippen molar-refractivity contribution in [3.8, 4) is 20.9 Å². The van der Waals surface area contributed by atoms with Gasteiger partial charge in [0.1, 0.15) is 0 Å². The van der Waals surface area contributed by atoms with Gasteiger partial charge < -0.3 is 0 Å². The van der Waals surface area contributed by atoms with Crippen LogP contribution in [0, 0.1) is 6.92 Å². The number of aryl methyl sites for hydroxylation is 1. The Kier molecular flexibility index (Phi) is 3.84. The van der Waals surface area contributed by atoms with Crippen LogP contribution in [0.15, 0.2) is 24.3 Å². The van der Waals surface area contributed by atoms with Crippen LogP contribution >= 0.6 is 22.7 Å². The summed E-state index contributed by atoms with van der Waals surface area (Å²) in [5.74, 6) is 0. The van der Waals surface area contributed by atoms with Crippen LogP contribution in [0.5, 0.6) is 0 Å². The maximum absolute atomic E-state index is 2.65. The minimum absolute atomic E-state index is 1.48. The van der Waals surface area contributed by atoms with Gasteiger partial charge in [0.25, 0.3) is 0 Å². The topological polar surface area (TPSA) is 0 Å². The fourth-order valence-corrected chi connectivity index (χ4v) is 20.6. The molecule has 140 valence electrons. The Morgan fingerprint density at radius 3 is 1.67 bits per heavy atom. The third kappa shape index (κ3) is 2.43. The second-order valence-corrected chi connectivity index (χ2v) is 36.8. The fourth-order valence-electron chi connectivity index (χ4n) is 4.90. The van der Waals surface area contributed by atoms with Crippen LogP contribution in [0.25, 0.3) is 20.9 Å². The molecule has 27 heavy (non-hydrogen) atoms. The zero-order valence-corrected chi connectivity index (χ0v) is 24.1. The third-order valence-corrected chi connectivity index (χ3v) is 25.7. The maximum atomic E-state index is 2.65. The summed E-state index contributed by atoms with van der Waals surface area (Å²) in [5, 5.41) is 6.80. The molecule has 0 atom stereocenters. The first-order valence-corrected chi connectivity index (χ1v) is 27.5. The van der Waals surface area contributed by atoms with E-state index in [0.717, 1.165) is 0 Å². The molecular formula is C22H28S2Si2Sn.